The normalized spacial score (nSPS) is 11.3. The van der Waals surface area contributed by atoms with E-state index in [0.29, 0.717) is 6.54 Å². The molecule has 0 atom stereocenters. The molecule has 100 valence electrons. The van der Waals surface area contributed by atoms with Crippen LogP contribution in [0.15, 0.2) is 17.0 Å². The van der Waals surface area contributed by atoms with Crippen LogP contribution in [0.2, 0.25) is 0 Å². The standard InChI is InChI=1S/C11H15FN2O3S/c1-3-4-14-11(15)8-5-7(2)10(12)9(6-8)18(13,16)17/h5-6H,3-4H2,1-2H3,(H,14,15)(H2,13,16,17). The summed E-state index contributed by atoms with van der Waals surface area (Å²) in [6, 6.07) is 2.23. The highest BCUT2D eigenvalue weighted by Crippen LogP contribution is 2.19. The van der Waals surface area contributed by atoms with Crippen molar-refractivity contribution >= 4 is 15.9 Å². The summed E-state index contributed by atoms with van der Waals surface area (Å²) in [5.41, 5.74) is 0.134. The molecule has 0 unspecified atom stereocenters. The van der Waals surface area contributed by atoms with Crippen molar-refractivity contribution in [2.45, 2.75) is 25.2 Å². The molecule has 18 heavy (non-hydrogen) atoms. The molecule has 1 amide bonds. The molecule has 7 heteroatoms. The largest absolute Gasteiger partial charge is 0.352 e. The molecule has 0 aromatic heterocycles. The number of halogens is 1. The molecule has 0 radical (unpaired) electrons. The topological polar surface area (TPSA) is 89.3 Å². The first kappa shape index (κ1) is 14.6. The number of carbonyl (C=O) groups excluding carboxylic acids is 1. The third-order valence-corrected chi connectivity index (χ3v) is 3.24. The highest BCUT2D eigenvalue weighted by atomic mass is 32.2. The predicted octanol–water partition coefficient (Wildman–Crippen LogP) is 0.921. The van der Waals surface area contributed by atoms with Crippen molar-refractivity contribution in [1.82, 2.24) is 5.32 Å². The van der Waals surface area contributed by atoms with E-state index in [1.54, 1.807) is 0 Å². The second-order valence-corrected chi connectivity index (χ2v) is 5.44. The molecule has 1 aromatic carbocycles. The number of rotatable bonds is 4. The van der Waals surface area contributed by atoms with Gasteiger partial charge in [-0.2, -0.15) is 0 Å². The van der Waals surface area contributed by atoms with E-state index in [1.165, 1.54) is 13.0 Å². The summed E-state index contributed by atoms with van der Waals surface area (Å²) in [6.45, 7) is 3.71. The molecule has 0 spiro atoms. The lowest BCUT2D eigenvalue weighted by atomic mass is 10.1. The maximum absolute atomic E-state index is 13.6. The summed E-state index contributed by atoms with van der Waals surface area (Å²) < 4.78 is 36.0. The Balaban J connectivity index is 3.25. The quantitative estimate of drug-likeness (QED) is 0.855. The number of nitrogens with two attached hydrogens (primary N) is 1. The number of amides is 1. The summed E-state index contributed by atoms with van der Waals surface area (Å²) in [6.07, 6.45) is 0.744. The van der Waals surface area contributed by atoms with Gasteiger partial charge in [-0.05, 0) is 31.0 Å². The first-order chi connectivity index (χ1) is 8.27. The van der Waals surface area contributed by atoms with Crippen LogP contribution in [-0.2, 0) is 10.0 Å². The number of nitrogens with one attached hydrogen (secondary N) is 1. The van der Waals surface area contributed by atoms with Gasteiger partial charge in [0.05, 0.1) is 0 Å². The zero-order valence-corrected chi connectivity index (χ0v) is 11.0. The summed E-state index contributed by atoms with van der Waals surface area (Å²) >= 11 is 0. The molecular formula is C11H15FN2O3S. The van der Waals surface area contributed by atoms with Gasteiger partial charge in [-0.1, -0.05) is 6.92 Å². The number of sulfonamides is 1. The second-order valence-electron chi connectivity index (χ2n) is 3.91. The van der Waals surface area contributed by atoms with E-state index in [9.17, 15) is 17.6 Å². The van der Waals surface area contributed by atoms with Gasteiger partial charge in [0.25, 0.3) is 5.91 Å². The molecule has 0 heterocycles. The van der Waals surface area contributed by atoms with Crippen LogP contribution < -0.4 is 10.5 Å². The minimum absolute atomic E-state index is 0.0585. The fourth-order valence-electron chi connectivity index (χ4n) is 1.42. The maximum atomic E-state index is 13.6. The Labute approximate surface area is 105 Å². The van der Waals surface area contributed by atoms with Gasteiger partial charge in [0, 0.05) is 12.1 Å². The third kappa shape index (κ3) is 3.27. The van der Waals surface area contributed by atoms with Gasteiger partial charge in [0.2, 0.25) is 10.0 Å². The molecule has 5 nitrogen and oxygen atoms in total. The lowest BCUT2D eigenvalue weighted by Crippen LogP contribution is -2.25. The molecule has 0 saturated heterocycles. The SMILES string of the molecule is CCCNC(=O)c1cc(C)c(F)c(S(N)(=O)=O)c1. The lowest BCUT2D eigenvalue weighted by molar-refractivity contribution is 0.0953. The average Bonchev–Trinajstić information content (AvgIpc) is 2.27. The van der Waals surface area contributed by atoms with E-state index in [0.717, 1.165) is 12.5 Å². The van der Waals surface area contributed by atoms with Crippen LogP contribution in [0.3, 0.4) is 0 Å². The van der Waals surface area contributed by atoms with Crippen molar-refractivity contribution in [3.8, 4) is 0 Å². The first-order valence-electron chi connectivity index (χ1n) is 5.38. The van der Waals surface area contributed by atoms with E-state index in [-0.39, 0.29) is 11.1 Å². The van der Waals surface area contributed by atoms with Gasteiger partial charge in [0.15, 0.2) is 0 Å². The number of primary sulfonamides is 1. The summed E-state index contributed by atoms with van der Waals surface area (Å²) in [4.78, 5) is 11.0. The van der Waals surface area contributed by atoms with Gasteiger partial charge in [-0.15, -0.1) is 0 Å². The second kappa shape index (κ2) is 5.45. The van der Waals surface area contributed by atoms with Crippen molar-refractivity contribution in [2.75, 3.05) is 6.54 Å². The highest BCUT2D eigenvalue weighted by Gasteiger charge is 2.19. The molecule has 0 bridgehead atoms. The molecule has 0 aliphatic heterocycles. The molecule has 0 saturated carbocycles. The Kier molecular flexibility index (Phi) is 4.42. The van der Waals surface area contributed by atoms with Crippen molar-refractivity contribution in [3.05, 3.63) is 29.1 Å². The van der Waals surface area contributed by atoms with E-state index in [4.69, 9.17) is 5.14 Å². The zero-order chi connectivity index (χ0) is 13.9. The molecular weight excluding hydrogens is 259 g/mol. The molecule has 0 aliphatic rings. The van der Waals surface area contributed by atoms with E-state index < -0.39 is 26.6 Å². The van der Waals surface area contributed by atoms with Crippen LogP contribution in [0.25, 0.3) is 0 Å². The first-order valence-corrected chi connectivity index (χ1v) is 6.93. The number of hydrogen-bond donors (Lipinski definition) is 2. The molecule has 1 rings (SSSR count). The zero-order valence-electron chi connectivity index (χ0n) is 10.2. The minimum Gasteiger partial charge on any atom is -0.352 e. The lowest BCUT2D eigenvalue weighted by Gasteiger charge is -2.08. The predicted molar refractivity (Wildman–Crippen MR) is 65.1 cm³/mol. The minimum atomic E-state index is -4.19. The monoisotopic (exact) mass is 274 g/mol. The van der Waals surface area contributed by atoms with E-state index in [1.807, 2.05) is 6.92 Å². The maximum Gasteiger partial charge on any atom is 0.251 e. The van der Waals surface area contributed by atoms with Crippen molar-refractivity contribution in [2.24, 2.45) is 5.14 Å². The van der Waals surface area contributed by atoms with Gasteiger partial charge >= 0.3 is 0 Å². The Bertz CT molecular complexity index is 570. The molecule has 0 aliphatic carbocycles. The fraction of sp³-hybridized carbons (Fsp3) is 0.364. The van der Waals surface area contributed by atoms with Gasteiger partial charge in [-0.25, -0.2) is 17.9 Å². The van der Waals surface area contributed by atoms with Crippen LogP contribution >= 0.6 is 0 Å². The van der Waals surface area contributed by atoms with Crippen LogP contribution in [0.5, 0.6) is 0 Å². The van der Waals surface area contributed by atoms with Crippen LogP contribution in [0.4, 0.5) is 4.39 Å². The number of carbonyl (C=O) groups is 1. The summed E-state index contributed by atoms with van der Waals surface area (Å²) in [5.74, 6) is -1.38. The average molecular weight is 274 g/mol. The molecule has 3 N–H and O–H groups in total. The van der Waals surface area contributed by atoms with Crippen molar-refractivity contribution < 1.29 is 17.6 Å². The highest BCUT2D eigenvalue weighted by molar-refractivity contribution is 7.89. The van der Waals surface area contributed by atoms with E-state index >= 15 is 0 Å². The number of hydrogen-bond acceptors (Lipinski definition) is 3. The third-order valence-electron chi connectivity index (χ3n) is 2.33. The van der Waals surface area contributed by atoms with Crippen molar-refractivity contribution in [1.29, 1.82) is 0 Å². The Morgan fingerprint density at radius 2 is 2.06 bits per heavy atom. The van der Waals surface area contributed by atoms with Gasteiger partial charge < -0.3 is 5.32 Å². The Morgan fingerprint density at radius 3 is 2.56 bits per heavy atom. The smallest absolute Gasteiger partial charge is 0.251 e. The summed E-state index contributed by atoms with van der Waals surface area (Å²) in [5, 5.41) is 7.47. The molecule has 1 aromatic rings. The Morgan fingerprint density at radius 1 is 1.44 bits per heavy atom. The Hall–Kier alpha value is -1.47. The van der Waals surface area contributed by atoms with Gasteiger partial charge in [0.1, 0.15) is 10.7 Å². The van der Waals surface area contributed by atoms with Gasteiger partial charge in [-0.3, -0.25) is 4.79 Å². The number of aryl methyl sites for hydroxylation is 1. The summed E-state index contributed by atoms with van der Waals surface area (Å²) in [7, 11) is -4.19. The fourth-order valence-corrected chi connectivity index (χ4v) is 2.12. The molecule has 0 fully saturated rings. The van der Waals surface area contributed by atoms with Crippen LogP contribution in [-0.4, -0.2) is 20.9 Å². The van der Waals surface area contributed by atoms with Crippen molar-refractivity contribution in [3.63, 3.8) is 0 Å². The van der Waals surface area contributed by atoms with E-state index in [2.05, 4.69) is 5.32 Å². The van der Waals surface area contributed by atoms with Crippen LogP contribution in [0, 0.1) is 12.7 Å². The van der Waals surface area contributed by atoms with Crippen LogP contribution in [0.1, 0.15) is 29.3 Å². The number of benzene rings is 1.